The average Bonchev–Trinajstić information content (AvgIpc) is 2.52. The monoisotopic (exact) mass is 271 g/mol. The van der Waals surface area contributed by atoms with Crippen molar-refractivity contribution in [3.63, 3.8) is 0 Å². The zero-order valence-electron chi connectivity index (χ0n) is 10.9. The smallest absolute Gasteiger partial charge is 0.195 e. The summed E-state index contributed by atoms with van der Waals surface area (Å²) in [4.78, 5) is 16.8. The summed E-state index contributed by atoms with van der Waals surface area (Å²) in [5.41, 5.74) is 2.12. The van der Waals surface area contributed by atoms with Gasteiger partial charge in [0, 0.05) is 17.1 Å². The SMILES string of the molecule is C/C=C\c1ccc2ncc(Cl)cc2c(=O)c1/C=C\C. The molecule has 0 unspecified atom stereocenters. The van der Waals surface area contributed by atoms with Crippen molar-refractivity contribution in [1.82, 2.24) is 4.98 Å². The first-order valence-corrected chi connectivity index (χ1v) is 6.43. The molecule has 0 amide bonds. The molecule has 0 bridgehead atoms. The fourth-order valence-corrected chi connectivity index (χ4v) is 2.12. The second-order valence-electron chi connectivity index (χ2n) is 4.12. The lowest BCUT2D eigenvalue weighted by atomic mass is 10.1. The first kappa shape index (κ1) is 13.5. The predicted molar refractivity (Wildman–Crippen MR) is 82.4 cm³/mol. The first-order chi connectivity index (χ1) is 9.17. The minimum atomic E-state index is -0.0544. The second kappa shape index (κ2) is 5.81. The van der Waals surface area contributed by atoms with Crippen LogP contribution in [0.1, 0.15) is 25.0 Å². The molecule has 2 aromatic rings. The Balaban J connectivity index is 2.98. The van der Waals surface area contributed by atoms with E-state index in [1.807, 2.05) is 50.3 Å². The Bertz CT molecular complexity index is 733. The van der Waals surface area contributed by atoms with Crippen LogP contribution in [0.25, 0.3) is 23.1 Å². The van der Waals surface area contributed by atoms with Crippen molar-refractivity contribution in [2.75, 3.05) is 0 Å². The molecule has 0 saturated carbocycles. The summed E-state index contributed by atoms with van der Waals surface area (Å²) < 4.78 is 0. The largest absolute Gasteiger partial charge is 0.289 e. The average molecular weight is 272 g/mol. The van der Waals surface area contributed by atoms with E-state index in [0.29, 0.717) is 21.5 Å². The number of hydrogen-bond acceptors (Lipinski definition) is 2. The van der Waals surface area contributed by atoms with E-state index in [2.05, 4.69) is 4.98 Å². The molecule has 3 heteroatoms. The van der Waals surface area contributed by atoms with Crippen LogP contribution in [0.15, 0.2) is 41.3 Å². The standard InChI is InChI=1S/C16H14ClNO/c1-3-5-11-7-8-15-14(9-12(17)10-18-15)16(19)13(11)6-4-2/h3-10H,1-2H3/b5-3-,6-4-. The third kappa shape index (κ3) is 2.74. The van der Waals surface area contributed by atoms with Gasteiger partial charge in [-0.2, -0.15) is 0 Å². The van der Waals surface area contributed by atoms with Crippen LogP contribution in [0, 0.1) is 0 Å². The quantitative estimate of drug-likeness (QED) is 0.814. The van der Waals surface area contributed by atoms with Crippen LogP contribution in [-0.2, 0) is 0 Å². The highest BCUT2D eigenvalue weighted by Crippen LogP contribution is 2.16. The maximum absolute atomic E-state index is 12.6. The summed E-state index contributed by atoms with van der Waals surface area (Å²) in [7, 11) is 0. The van der Waals surface area contributed by atoms with Crippen LogP contribution in [-0.4, -0.2) is 4.98 Å². The van der Waals surface area contributed by atoms with E-state index in [4.69, 9.17) is 11.6 Å². The maximum atomic E-state index is 12.6. The van der Waals surface area contributed by atoms with Gasteiger partial charge < -0.3 is 0 Å². The fraction of sp³-hybridized carbons (Fsp3) is 0.125. The summed E-state index contributed by atoms with van der Waals surface area (Å²) in [5.74, 6) is 0. The van der Waals surface area contributed by atoms with Gasteiger partial charge in [-0.15, -0.1) is 0 Å². The molecule has 0 aliphatic carbocycles. The van der Waals surface area contributed by atoms with Crippen LogP contribution in [0.5, 0.6) is 0 Å². The lowest BCUT2D eigenvalue weighted by Gasteiger charge is -1.95. The molecule has 0 spiro atoms. The molecule has 2 rings (SSSR count). The van der Waals surface area contributed by atoms with E-state index in [9.17, 15) is 4.79 Å². The van der Waals surface area contributed by atoms with Crippen LogP contribution < -0.4 is 5.43 Å². The fourth-order valence-electron chi connectivity index (χ4n) is 1.96. The summed E-state index contributed by atoms with van der Waals surface area (Å²) >= 11 is 5.93. The summed E-state index contributed by atoms with van der Waals surface area (Å²) in [6.07, 6.45) is 9.05. The van der Waals surface area contributed by atoms with Gasteiger partial charge in [0.1, 0.15) is 0 Å². The molecule has 0 radical (unpaired) electrons. The Morgan fingerprint density at radius 1 is 1.16 bits per heavy atom. The first-order valence-electron chi connectivity index (χ1n) is 6.05. The summed E-state index contributed by atoms with van der Waals surface area (Å²) in [5, 5.41) is 1.01. The van der Waals surface area contributed by atoms with Gasteiger partial charge in [0.2, 0.25) is 0 Å². The second-order valence-corrected chi connectivity index (χ2v) is 4.55. The molecule has 0 aliphatic rings. The number of hydrogen-bond donors (Lipinski definition) is 0. The van der Waals surface area contributed by atoms with Crippen molar-refractivity contribution < 1.29 is 0 Å². The highest BCUT2D eigenvalue weighted by molar-refractivity contribution is 6.31. The lowest BCUT2D eigenvalue weighted by molar-refractivity contribution is 1.41. The van der Waals surface area contributed by atoms with Gasteiger partial charge in [-0.05, 0) is 31.5 Å². The lowest BCUT2D eigenvalue weighted by Crippen LogP contribution is -2.04. The number of aromatic nitrogens is 1. The molecule has 2 nitrogen and oxygen atoms in total. The van der Waals surface area contributed by atoms with Crippen molar-refractivity contribution in [2.45, 2.75) is 13.8 Å². The van der Waals surface area contributed by atoms with Crippen LogP contribution in [0.3, 0.4) is 0 Å². The topological polar surface area (TPSA) is 30.0 Å². The molecule has 0 atom stereocenters. The Hall–Kier alpha value is -1.93. The van der Waals surface area contributed by atoms with Crippen LogP contribution in [0.4, 0.5) is 0 Å². The normalized spacial score (nSPS) is 11.7. The number of nitrogens with zero attached hydrogens (tertiary/aromatic N) is 1. The molecule has 1 heterocycles. The summed E-state index contributed by atoms with van der Waals surface area (Å²) in [6.45, 7) is 3.81. The highest BCUT2D eigenvalue weighted by Gasteiger charge is 2.06. The Morgan fingerprint density at radius 3 is 2.58 bits per heavy atom. The number of halogens is 1. The molecule has 0 saturated heterocycles. The maximum Gasteiger partial charge on any atom is 0.195 e. The van der Waals surface area contributed by atoms with Crippen LogP contribution in [0.2, 0.25) is 5.02 Å². The molecule has 1 aromatic carbocycles. The number of allylic oxidation sites excluding steroid dienone is 2. The molecule has 96 valence electrons. The number of fused-ring (bicyclic) bond motifs is 1. The minimum absolute atomic E-state index is 0.0544. The molecular formula is C16H14ClNO. The number of pyridine rings is 1. The van der Waals surface area contributed by atoms with Gasteiger partial charge in [-0.1, -0.05) is 42.0 Å². The van der Waals surface area contributed by atoms with Crippen LogP contribution >= 0.6 is 11.6 Å². The van der Waals surface area contributed by atoms with E-state index in [1.54, 1.807) is 12.3 Å². The zero-order chi connectivity index (χ0) is 13.8. The molecule has 0 fully saturated rings. The third-order valence-corrected chi connectivity index (χ3v) is 2.99. The van der Waals surface area contributed by atoms with Gasteiger partial charge in [-0.25, -0.2) is 0 Å². The van der Waals surface area contributed by atoms with Crippen molar-refractivity contribution in [1.29, 1.82) is 0 Å². The van der Waals surface area contributed by atoms with Crippen molar-refractivity contribution in [2.24, 2.45) is 0 Å². The van der Waals surface area contributed by atoms with Gasteiger partial charge in [0.15, 0.2) is 5.43 Å². The van der Waals surface area contributed by atoms with Gasteiger partial charge in [-0.3, -0.25) is 9.78 Å². The molecule has 0 aliphatic heterocycles. The Kier molecular flexibility index (Phi) is 4.13. The Labute approximate surface area is 117 Å². The molecule has 19 heavy (non-hydrogen) atoms. The van der Waals surface area contributed by atoms with Gasteiger partial charge >= 0.3 is 0 Å². The third-order valence-electron chi connectivity index (χ3n) is 2.79. The van der Waals surface area contributed by atoms with E-state index in [-0.39, 0.29) is 5.43 Å². The predicted octanol–water partition coefficient (Wildman–Crippen LogP) is 4.31. The molecule has 1 aromatic heterocycles. The number of rotatable bonds is 2. The molecule has 0 N–H and O–H groups in total. The van der Waals surface area contributed by atoms with Gasteiger partial charge in [0.25, 0.3) is 0 Å². The highest BCUT2D eigenvalue weighted by atomic mass is 35.5. The van der Waals surface area contributed by atoms with Crippen molar-refractivity contribution >= 4 is 34.7 Å². The minimum Gasteiger partial charge on any atom is -0.289 e. The van der Waals surface area contributed by atoms with Crippen molar-refractivity contribution in [3.05, 3.63) is 62.9 Å². The van der Waals surface area contributed by atoms with E-state index in [1.165, 1.54) is 0 Å². The summed E-state index contributed by atoms with van der Waals surface area (Å²) in [6, 6.07) is 5.41. The van der Waals surface area contributed by atoms with Crippen molar-refractivity contribution in [3.8, 4) is 0 Å². The van der Waals surface area contributed by atoms with E-state index in [0.717, 1.165) is 5.56 Å². The molecular weight excluding hydrogens is 258 g/mol. The zero-order valence-corrected chi connectivity index (χ0v) is 11.6. The Morgan fingerprint density at radius 2 is 1.89 bits per heavy atom. The van der Waals surface area contributed by atoms with E-state index < -0.39 is 0 Å². The van der Waals surface area contributed by atoms with E-state index >= 15 is 0 Å². The van der Waals surface area contributed by atoms with Gasteiger partial charge in [0.05, 0.1) is 10.5 Å².